The SMILES string of the molecule is CC1(C)c2ccccc2Nc2ccc(-c3ccc4c(c3)Oc3cc(-c5ccc6[nH]c7ccccc7c6c5)ccc3N4c3ccccc3)cc21. The van der Waals surface area contributed by atoms with E-state index in [0.717, 1.165) is 67.5 Å². The Hall–Kier alpha value is -6.26. The number of rotatable bonds is 3. The highest BCUT2D eigenvalue weighted by molar-refractivity contribution is 6.08. The molecule has 8 aromatic rings. The van der Waals surface area contributed by atoms with Gasteiger partial charge in [0.25, 0.3) is 0 Å². The van der Waals surface area contributed by atoms with Gasteiger partial charge in [-0.05, 0) is 106 Å². The Kier molecular flexibility index (Phi) is 5.89. The van der Waals surface area contributed by atoms with Gasteiger partial charge in [0.15, 0.2) is 11.5 Å². The second-order valence-corrected chi connectivity index (χ2v) is 13.6. The van der Waals surface area contributed by atoms with Crippen molar-refractivity contribution in [3.05, 3.63) is 163 Å². The van der Waals surface area contributed by atoms with Crippen LogP contribution in [0, 0.1) is 0 Å². The van der Waals surface area contributed by atoms with Crippen LogP contribution in [-0.2, 0) is 5.41 Å². The number of hydrogen-bond donors (Lipinski definition) is 2. The quantitative estimate of drug-likeness (QED) is 0.204. The van der Waals surface area contributed by atoms with Crippen molar-refractivity contribution >= 4 is 50.2 Å². The molecule has 234 valence electrons. The van der Waals surface area contributed by atoms with Gasteiger partial charge in [-0.1, -0.05) is 92.7 Å². The number of aromatic amines is 1. The van der Waals surface area contributed by atoms with Crippen molar-refractivity contribution in [2.75, 3.05) is 10.2 Å². The molecule has 4 heteroatoms. The van der Waals surface area contributed by atoms with E-state index in [2.05, 4.69) is 181 Å². The highest BCUT2D eigenvalue weighted by Gasteiger charge is 2.33. The second kappa shape index (κ2) is 10.4. The number of ether oxygens (including phenoxy) is 1. The van der Waals surface area contributed by atoms with Crippen LogP contribution >= 0.6 is 0 Å². The molecule has 0 atom stereocenters. The molecule has 0 spiro atoms. The molecule has 0 fully saturated rings. The number of anilines is 5. The van der Waals surface area contributed by atoms with Crippen LogP contribution in [0.25, 0.3) is 44.1 Å². The number of fused-ring (bicyclic) bond motifs is 7. The summed E-state index contributed by atoms with van der Waals surface area (Å²) in [6.45, 7) is 4.63. The largest absolute Gasteiger partial charge is 0.453 e. The molecule has 0 amide bonds. The molecule has 0 saturated carbocycles. The van der Waals surface area contributed by atoms with E-state index in [0.29, 0.717) is 0 Å². The van der Waals surface area contributed by atoms with Crippen LogP contribution in [0.5, 0.6) is 11.5 Å². The normalized spacial score (nSPS) is 14.0. The molecule has 4 nitrogen and oxygen atoms in total. The van der Waals surface area contributed by atoms with Gasteiger partial charge in [-0.25, -0.2) is 0 Å². The minimum atomic E-state index is -0.132. The van der Waals surface area contributed by atoms with Gasteiger partial charge < -0.3 is 19.9 Å². The maximum atomic E-state index is 6.84. The summed E-state index contributed by atoms with van der Waals surface area (Å²) in [5.74, 6) is 1.66. The Balaban J connectivity index is 1.07. The maximum Gasteiger partial charge on any atom is 0.152 e. The molecule has 0 bridgehead atoms. The number of aromatic nitrogens is 1. The van der Waals surface area contributed by atoms with Crippen molar-refractivity contribution in [2.24, 2.45) is 0 Å². The maximum absolute atomic E-state index is 6.84. The molecule has 2 N–H and O–H groups in total. The van der Waals surface area contributed by atoms with Gasteiger partial charge in [0.05, 0.1) is 11.4 Å². The first kappa shape index (κ1) is 27.8. The Morgan fingerprint density at radius 2 is 1.08 bits per heavy atom. The predicted octanol–water partition coefficient (Wildman–Crippen LogP) is 12.6. The van der Waals surface area contributed by atoms with Crippen LogP contribution in [0.3, 0.4) is 0 Å². The van der Waals surface area contributed by atoms with Crippen molar-refractivity contribution in [1.82, 2.24) is 4.98 Å². The highest BCUT2D eigenvalue weighted by Crippen LogP contribution is 2.53. The standard InChI is InChI=1S/C45H33N3O/c1-45(2)35-13-7-9-15-39(35)47-40-21-17-29(25-36(40)45)31-19-23-42-44(27-31)49-43-26-30(18-22-41(43)48(42)32-10-4-3-5-11-32)28-16-20-38-34(24-28)33-12-6-8-14-37(33)46-38/h3-27,46-47H,1-2H3. The zero-order valence-electron chi connectivity index (χ0n) is 27.3. The lowest BCUT2D eigenvalue weighted by Crippen LogP contribution is -2.25. The van der Waals surface area contributed by atoms with E-state index in [1.807, 2.05) is 0 Å². The van der Waals surface area contributed by atoms with Gasteiger partial charge in [0.1, 0.15) is 0 Å². The first-order valence-corrected chi connectivity index (χ1v) is 16.8. The molecule has 1 aromatic heterocycles. The van der Waals surface area contributed by atoms with Gasteiger partial charge in [-0.3, -0.25) is 0 Å². The number of nitrogens with zero attached hydrogens (tertiary/aromatic N) is 1. The van der Waals surface area contributed by atoms with Crippen LogP contribution in [0.2, 0.25) is 0 Å². The van der Waals surface area contributed by atoms with E-state index >= 15 is 0 Å². The Labute approximate surface area is 285 Å². The predicted molar refractivity (Wildman–Crippen MR) is 203 cm³/mol. The lowest BCUT2D eigenvalue weighted by Gasteiger charge is -2.36. The number of para-hydroxylation sites is 3. The average Bonchev–Trinajstić information content (AvgIpc) is 3.52. The van der Waals surface area contributed by atoms with E-state index < -0.39 is 0 Å². The number of benzene rings is 7. The van der Waals surface area contributed by atoms with E-state index in [-0.39, 0.29) is 5.41 Å². The van der Waals surface area contributed by atoms with Crippen molar-refractivity contribution in [1.29, 1.82) is 0 Å². The van der Waals surface area contributed by atoms with Gasteiger partial charge in [-0.15, -0.1) is 0 Å². The Bertz CT molecular complexity index is 2600. The minimum absolute atomic E-state index is 0.132. The van der Waals surface area contributed by atoms with Crippen LogP contribution in [0.4, 0.5) is 28.4 Å². The third-order valence-corrected chi connectivity index (χ3v) is 10.4. The van der Waals surface area contributed by atoms with E-state index in [4.69, 9.17) is 4.74 Å². The molecular formula is C45H33N3O. The average molecular weight is 632 g/mol. The van der Waals surface area contributed by atoms with Crippen molar-refractivity contribution in [2.45, 2.75) is 19.3 Å². The topological polar surface area (TPSA) is 40.3 Å². The number of H-pyrrole nitrogens is 1. The zero-order chi connectivity index (χ0) is 32.7. The fourth-order valence-corrected chi connectivity index (χ4v) is 7.83. The van der Waals surface area contributed by atoms with Crippen LogP contribution in [-0.4, -0.2) is 4.98 Å². The van der Waals surface area contributed by atoms with E-state index in [1.54, 1.807) is 0 Å². The summed E-state index contributed by atoms with van der Waals surface area (Å²) in [7, 11) is 0. The fraction of sp³-hybridized carbons (Fsp3) is 0.0667. The molecule has 3 heterocycles. The summed E-state index contributed by atoms with van der Waals surface area (Å²) < 4.78 is 6.84. The monoisotopic (exact) mass is 631 g/mol. The molecule has 2 aliphatic rings. The summed E-state index contributed by atoms with van der Waals surface area (Å²) in [5, 5.41) is 6.12. The molecule has 0 saturated heterocycles. The third-order valence-electron chi connectivity index (χ3n) is 10.4. The second-order valence-electron chi connectivity index (χ2n) is 13.6. The van der Waals surface area contributed by atoms with Gasteiger partial charge >= 0.3 is 0 Å². The smallest absolute Gasteiger partial charge is 0.152 e. The van der Waals surface area contributed by atoms with E-state index in [1.165, 1.54) is 27.6 Å². The summed E-state index contributed by atoms with van der Waals surface area (Å²) in [4.78, 5) is 5.86. The Morgan fingerprint density at radius 3 is 1.88 bits per heavy atom. The highest BCUT2D eigenvalue weighted by atomic mass is 16.5. The zero-order valence-corrected chi connectivity index (χ0v) is 27.3. The molecule has 49 heavy (non-hydrogen) atoms. The molecule has 0 unspecified atom stereocenters. The summed E-state index contributed by atoms with van der Waals surface area (Å²) >= 11 is 0. The minimum Gasteiger partial charge on any atom is -0.453 e. The fourth-order valence-electron chi connectivity index (χ4n) is 7.83. The molecule has 7 aromatic carbocycles. The first-order valence-electron chi connectivity index (χ1n) is 16.8. The van der Waals surface area contributed by atoms with Crippen molar-refractivity contribution < 1.29 is 4.74 Å². The van der Waals surface area contributed by atoms with Crippen LogP contribution < -0.4 is 15.0 Å². The first-order chi connectivity index (χ1) is 24.0. The van der Waals surface area contributed by atoms with Gasteiger partial charge in [0, 0.05) is 44.3 Å². The molecule has 0 aliphatic carbocycles. The summed E-state index contributed by atoms with van der Waals surface area (Å²) in [6.07, 6.45) is 0. The Morgan fingerprint density at radius 1 is 0.490 bits per heavy atom. The number of nitrogens with one attached hydrogen (secondary N) is 2. The number of hydrogen-bond acceptors (Lipinski definition) is 3. The van der Waals surface area contributed by atoms with Gasteiger partial charge in [0.2, 0.25) is 0 Å². The summed E-state index contributed by atoms with van der Waals surface area (Å²) in [5.41, 5.74) is 14.8. The lowest BCUT2D eigenvalue weighted by atomic mass is 9.73. The molecular weight excluding hydrogens is 599 g/mol. The summed E-state index contributed by atoms with van der Waals surface area (Å²) in [6, 6.07) is 54.2. The molecule has 2 aliphatic heterocycles. The van der Waals surface area contributed by atoms with Crippen LogP contribution in [0.15, 0.2) is 152 Å². The lowest BCUT2D eigenvalue weighted by molar-refractivity contribution is 0.477. The molecule has 10 rings (SSSR count). The third kappa shape index (κ3) is 4.31. The van der Waals surface area contributed by atoms with Gasteiger partial charge in [-0.2, -0.15) is 0 Å². The van der Waals surface area contributed by atoms with Crippen molar-refractivity contribution in [3.8, 4) is 33.8 Å². The van der Waals surface area contributed by atoms with E-state index in [9.17, 15) is 0 Å². The van der Waals surface area contributed by atoms with Crippen molar-refractivity contribution in [3.63, 3.8) is 0 Å². The van der Waals surface area contributed by atoms with Crippen LogP contribution in [0.1, 0.15) is 25.0 Å². The molecule has 0 radical (unpaired) electrons.